The second-order valence-corrected chi connectivity index (χ2v) is 8.12. The Balaban J connectivity index is 1.86. The molecule has 0 aliphatic carbocycles. The molecule has 0 spiro atoms. The van der Waals surface area contributed by atoms with E-state index < -0.39 is 5.97 Å². The molecule has 2 aromatic carbocycles. The number of hydrogen-bond donors (Lipinski definition) is 0. The quantitative estimate of drug-likeness (QED) is 0.226. The summed E-state index contributed by atoms with van der Waals surface area (Å²) in [5, 5.41) is 0. The summed E-state index contributed by atoms with van der Waals surface area (Å²) < 4.78 is 17.0. The van der Waals surface area contributed by atoms with Crippen molar-refractivity contribution >= 4 is 5.97 Å². The molecule has 0 fully saturated rings. The molecule has 0 saturated carbocycles. The van der Waals surface area contributed by atoms with Gasteiger partial charge in [0, 0.05) is 0 Å². The molecule has 4 nitrogen and oxygen atoms in total. The van der Waals surface area contributed by atoms with E-state index in [2.05, 4.69) is 34.3 Å². The normalized spacial score (nSPS) is 12.8. The van der Waals surface area contributed by atoms with Crippen LogP contribution in [0.2, 0.25) is 0 Å². The minimum atomic E-state index is -0.399. The first-order chi connectivity index (χ1) is 14.4. The molecule has 0 bridgehead atoms. The van der Waals surface area contributed by atoms with Crippen LogP contribution in [0.3, 0.4) is 0 Å². The van der Waals surface area contributed by atoms with E-state index in [1.165, 1.54) is 0 Å². The number of esters is 1. The van der Waals surface area contributed by atoms with E-state index in [4.69, 9.17) is 14.2 Å². The molecule has 0 aliphatic heterocycles. The maximum absolute atomic E-state index is 12.4. The Bertz CT molecular complexity index is 778. The summed E-state index contributed by atoms with van der Waals surface area (Å²) in [4.78, 5) is 12.4. The van der Waals surface area contributed by atoms with Crippen LogP contribution < -0.4 is 14.2 Å². The predicted octanol–water partition coefficient (Wildman–Crippen LogP) is 6.56. The molecular weight excluding hydrogens is 376 g/mol. The molecule has 0 aliphatic rings. The highest BCUT2D eigenvalue weighted by atomic mass is 16.5. The van der Waals surface area contributed by atoms with Crippen molar-refractivity contribution in [2.24, 2.45) is 17.8 Å². The van der Waals surface area contributed by atoms with Crippen LogP contribution in [0.4, 0.5) is 0 Å². The SMILES string of the molecule is C=CC(C)CC(CC)COc1ccc(C(=O)Oc2ccc(OCC(C)C)cc2)cc1. The van der Waals surface area contributed by atoms with Gasteiger partial charge in [0.15, 0.2) is 0 Å². The standard InChI is InChI=1S/C26H34O4/c1-6-20(5)16-21(7-2)18-29-23-10-8-22(9-11-23)26(27)30-25-14-12-24(13-15-25)28-17-19(3)4/h6,8-15,19-21H,1,7,16-18H2,2-5H3. The van der Waals surface area contributed by atoms with Crippen molar-refractivity contribution in [3.8, 4) is 17.2 Å². The summed E-state index contributed by atoms with van der Waals surface area (Å²) in [5.74, 6) is 3.02. The van der Waals surface area contributed by atoms with Crippen LogP contribution in [0.15, 0.2) is 61.2 Å². The zero-order valence-electron chi connectivity index (χ0n) is 18.6. The van der Waals surface area contributed by atoms with Crippen molar-refractivity contribution in [3.63, 3.8) is 0 Å². The molecule has 0 aromatic heterocycles. The zero-order valence-corrected chi connectivity index (χ0v) is 18.6. The molecule has 2 rings (SSSR count). The van der Waals surface area contributed by atoms with Crippen LogP contribution >= 0.6 is 0 Å². The van der Waals surface area contributed by atoms with Gasteiger partial charge in [-0.1, -0.05) is 40.2 Å². The molecule has 0 heterocycles. The Labute approximate surface area is 180 Å². The van der Waals surface area contributed by atoms with E-state index in [9.17, 15) is 4.79 Å². The monoisotopic (exact) mass is 410 g/mol. The highest BCUT2D eigenvalue weighted by Crippen LogP contribution is 2.21. The molecule has 0 amide bonds. The molecular formula is C26H34O4. The van der Waals surface area contributed by atoms with Crippen LogP contribution in [-0.4, -0.2) is 19.2 Å². The van der Waals surface area contributed by atoms with Gasteiger partial charge in [-0.25, -0.2) is 4.79 Å². The summed E-state index contributed by atoms with van der Waals surface area (Å²) >= 11 is 0. The third-order valence-corrected chi connectivity index (χ3v) is 4.88. The molecule has 0 radical (unpaired) electrons. The molecule has 162 valence electrons. The fraction of sp³-hybridized carbons (Fsp3) is 0.423. The molecule has 4 heteroatoms. The molecule has 2 atom stereocenters. The summed E-state index contributed by atoms with van der Waals surface area (Å²) in [6, 6.07) is 14.2. The van der Waals surface area contributed by atoms with Crippen LogP contribution in [0.1, 0.15) is 50.9 Å². The van der Waals surface area contributed by atoms with E-state index in [1.54, 1.807) is 36.4 Å². The van der Waals surface area contributed by atoms with Crippen LogP contribution in [0.5, 0.6) is 17.2 Å². The molecule has 2 unspecified atom stereocenters. The third-order valence-electron chi connectivity index (χ3n) is 4.88. The van der Waals surface area contributed by atoms with Crippen molar-refractivity contribution < 1.29 is 19.0 Å². The summed E-state index contributed by atoms with van der Waals surface area (Å²) in [5.41, 5.74) is 0.481. The van der Waals surface area contributed by atoms with Gasteiger partial charge in [-0.2, -0.15) is 0 Å². The fourth-order valence-electron chi connectivity index (χ4n) is 2.91. The van der Waals surface area contributed by atoms with E-state index in [-0.39, 0.29) is 0 Å². The van der Waals surface area contributed by atoms with Crippen molar-refractivity contribution in [1.82, 2.24) is 0 Å². The topological polar surface area (TPSA) is 44.8 Å². The zero-order chi connectivity index (χ0) is 21.9. The van der Waals surface area contributed by atoms with Crippen molar-refractivity contribution in [1.29, 1.82) is 0 Å². The lowest BCUT2D eigenvalue weighted by Gasteiger charge is -2.18. The van der Waals surface area contributed by atoms with Gasteiger partial charge >= 0.3 is 5.97 Å². The Kier molecular flexibility index (Phi) is 9.46. The number of benzene rings is 2. The van der Waals surface area contributed by atoms with Gasteiger partial charge in [-0.3, -0.25) is 0 Å². The summed E-state index contributed by atoms with van der Waals surface area (Å²) in [6.45, 7) is 13.7. The maximum atomic E-state index is 12.4. The predicted molar refractivity (Wildman–Crippen MR) is 121 cm³/mol. The average Bonchev–Trinajstić information content (AvgIpc) is 2.76. The lowest BCUT2D eigenvalue weighted by Crippen LogP contribution is -2.14. The number of hydrogen-bond acceptors (Lipinski definition) is 4. The Morgan fingerprint density at radius 1 is 0.900 bits per heavy atom. The third kappa shape index (κ3) is 7.94. The van der Waals surface area contributed by atoms with Gasteiger partial charge in [-0.05, 0) is 72.7 Å². The van der Waals surface area contributed by atoms with Crippen molar-refractivity contribution in [2.45, 2.75) is 40.5 Å². The minimum absolute atomic E-state index is 0.399. The number of allylic oxidation sites excluding steroid dienone is 1. The van der Waals surface area contributed by atoms with Crippen LogP contribution in [-0.2, 0) is 0 Å². The first-order valence-corrected chi connectivity index (χ1v) is 10.7. The second-order valence-electron chi connectivity index (χ2n) is 8.12. The van der Waals surface area contributed by atoms with Crippen molar-refractivity contribution in [3.05, 3.63) is 66.7 Å². The molecule has 0 N–H and O–H groups in total. The lowest BCUT2D eigenvalue weighted by atomic mass is 9.94. The van der Waals surface area contributed by atoms with Gasteiger partial charge < -0.3 is 14.2 Å². The van der Waals surface area contributed by atoms with E-state index in [0.29, 0.717) is 42.3 Å². The molecule has 0 saturated heterocycles. The number of carbonyl (C=O) groups is 1. The van der Waals surface area contributed by atoms with E-state index in [1.807, 2.05) is 18.2 Å². The van der Waals surface area contributed by atoms with Gasteiger partial charge in [0.25, 0.3) is 0 Å². The van der Waals surface area contributed by atoms with E-state index in [0.717, 1.165) is 24.3 Å². The Morgan fingerprint density at radius 3 is 1.97 bits per heavy atom. The highest BCUT2D eigenvalue weighted by molar-refractivity contribution is 5.91. The maximum Gasteiger partial charge on any atom is 0.343 e. The Hall–Kier alpha value is -2.75. The first kappa shape index (κ1) is 23.5. The largest absolute Gasteiger partial charge is 0.493 e. The molecule has 2 aromatic rings. The summed E-state index contributed by atoms with van der Waals surface area (Å²) in [7, 11) is 0. The summed E-state index contributed by atoms with van der Waals surface area (Å²) in [6.07, 6.45) is 4.10. The smallest absolute Gasteiger partial charge is 0.343 e. The highest BCUT2D eigenvalue weighted by Gasteiger charge is 2.12. The molecule has 30 heavy (non-hydrogen) atoms. The Morgan fingerprint density at radius 2 is 1.43 bits per heavy atom. The fourth-order valence-corrected chi connectivity index (χ4v) is 2.91. The van der Waals surface area contributed by atoms with Crippen LogP contribution in [0, 0.1) is 17.8 Å². The second kappa shape index (κ2) is 12.1. The number of carbonyl (C=O) groups excluding carboxylic acids is 1. The van der Waals surface area contributed by atoms with Gasteiger partial charge in [-0.15, -0.1) is 6.58 Å². The minimum Gasteiger partial charge on any atom is -0.493 e. The van der Waals surface area contributed by atoms with E-state index >= 15 is 0 Å². The number of rotatable bonds is 12. The lowest BCUT2D eigenvalue weighted by molar-refractivity contribution is 0.0734. The van der Waals surface area contributed by atoms with Gasteiger partial charge in [0.1, 0.15) is 17.2 Å². The number of ether oxygens (including phenoxy) is 3. The van der Waals surface area contributed by atoms with Gasteiger partial charge in [0.2, 0.25) is 0 Å². The van der Waals surface area contributed by atoms with Crippen LogP contribution in [0.25, 0.3) is 0 Å². The average molecular weight is 411 g/mol. The first-order valence-electron chi connectivity index (χ1n) is 10.7. The van der Waals surface area contributed by atoms with Crippen molar-refractivity contribution in [2.75, 3.05) is 13.2 Å². The van der Waals surface area contributed by atoms with Gasteiger partial charge in [0.05, 0.1) is 18.8 Å².